The van der Waals surface area contributed by atoms with E-state index in [4.69, 9.17) is 21.1 Å². The first kappa shape index (κ1) is 13.2. The molecule has 0 atom stereocenters. The van der Waals surface area contributed by atoms with Gasteiger partial charge in [-0.05, 0) is 37.3 Å². The Balaban J connectivity index is 2.09. The van der Waals surface area contributed by atoms with Gasteiger partial charge in [0.05, 0.1) is 22.5 Å². The molecule has 6 heteroatoms. The highest BCUT2D eigenvalue weighted by Crippen LogP contribution is 2.20. The molecule has 2 N–H and O–H groups in total. The number of hydrazone groups is 1. The first-order chi connectivity index (χ1) is 9.06. The minimum atomic E-state index is -1.08. The van der Waals surface area contributed by atoms with Crippen LogP contribution in [0.4, 0.5) is 5.69 Å². The molecule has 0 fully saturated rings. The lowest BCUT2D eigenvalue weighted by Gasteiger charge is -2.03. The lowest BCUT2D eigenvalue weighted by atomic mass is 10.2. The van der Waals surface area contributed by atoms with Crippen LogP contribution in [0.25, 0.3) is 0 Å². The number of carbonyl (C=O) groups is 1. The number of nitrogens with one attached hydrogen (secondary N) is 1. The number of carboxylic acids is 1. The molecule has 2 aromatic rings. The number of nitrogens with zero attached hydrogens (tertiary/aromatic N) is 1. The van der Waals surface area contributed by atoms with Crippen molar-refractivity contribution >= 4 is 29.5 Å². The Morgan fingerprint density at radius 1 is 1.42 bits per heavy atom. The summed E-state index contributed by atoms with van der Waals surface area (Å²) >= 11 is 5.76. The van der Waals surface area contributed by atoms with Crippen LogP contribution in [0.3, 0.4) is 0 Å². The van der Waals surface area contributed by atoms with Gasteiger partial charge in [0.2, 0.25) is 0 Å². The molecular weight excluding hydrogens is 268 g/mol. The normalized spacial score (nSPS) is 10.8. The number of rotatable bonds is 4. The summed E-state index contributed by atoms with van der Waals surface area (Å²) in [4.78, 5) is 10.9. The summed E-state index contributed by atoms with van der Waals surface area (Å²) in [7, 11) is 0. The van der Waals surface area contributed by atoms with Crippen molar-refractivity contribution in [3.63, 3.8) is 0 Å². The molecule has 0 saturated carbocycles. The molecule has 0 aliphatic carbocycles. The summed E-state index contributed by atoms with van der Waals surface area (Å²) in [6, 6.07) is 8.16. The third kappa shape index (κ3) is 3.35. The van der Waals surface area contributed by atoms with Crippen molar-refractivity contribution < 1.29 is 14.3 Å². The Morgan fingerprint density at radius 3 is 2.84 bits per heavy atom. The van der Waals surface area contributed by atoms with Gasteiger partial charge in [-0.1, -0.05) is 11.6 Å². The highest BCUT2D eigenvalue weighted by molar-refractivity contribution is 6.33. The number of benzene rings is 1. The van der Waals surface area contributed by atoms with Crippen molar-refractivity contribution in [3.05, 3.63) is 52.4 Å². The molecule has 2 rings (SSSR count). The van der Waals surface area contributed by atoms with E-state index in [1.54, 1.807) is 12.1 Å². The van der Waals surface area contributed by atoms with Crippen LogP contribution in [0, 0.1) is 6.92 Å². The zero-order chi connectivity index (χ0) is 13.8. The second kappa shape index (κ2) is 5.58. The largest absolute Gasteiger partial charge is 0.478 e. The Hall–Kier alpha value is -2.27. The average molecular weight is 279 g/mol. The summed E-state index contributed by atoms with van der Waals surface area (Å²) in [6.07, 6.45) is 1.50. The Labute approximate surface area is 114 Å². The van der Waals surface area contributed by atoms with Gasteiger partial charge in [0, 0.05) is 0 Å². The molecule has 0 aliphatic heterocycles. The highest BCUT2D eigenvalue weighted by Gasteiger charge is 2.08. The van der Waals surface area contributed by atoms with E-state index in [0.717, 1.165) is 5.76 Å². The molecule has 1 aromatic carbocycles. The monoisotopic (exact) mass is 278 g/mol. The maximum Gasteiger partial charge on any atom is 0.337 e. The molecule has 5 nitrogen and oxygen atoms in total. The van der Waals surface area contributed by atoms with E-state index >= 15 is 0 Å². The lowest BCUT2D eigenvalue weighted by Crippen LogP contribution is -1.99. The second-order valence-corrected chi connectivity index (χ2v) is 4.23. The van der Waals surface area contributed by atoms with Crippen LogP contribution in [0.5, 0.6) is 0 Å². The number of aromatic carboxylic acids is 1. The first-order valence-corrected chi connectivity index (χ1v) is 5.82. The Morgan fingerprint density at radius 2 is 2.21 bits per heavy atom. The molecule has 1 aromatic heterocycles. The molecule has 98 valence electrons. The van der Waals surface area contributed by atoms with Gasteiger partial charge in [-0.2, -0.15) is 5.10 Å². The van der Waals surface area contributed by atoms with Crippen LogP contribution in [0.15, 0.2) is 39.9 Å². The topological polar surface area (TPSA) is 74.8 Å². The van der Waals surface area contributed by atoms with Gasteiger partial charge in [-0.3, -0.25) is 5.43 Å². The smallest absolute Gasteiger partial charge is 0.337 e. The Kier molecular flexibility index (Phi) is 3.87. The van der Waals surface area contributed by atoms with E-state index in [1.807, 2.05) is 13.0 Å². The summed E-state index contributed by atoms with van der Waals surface area (Å²) < 4.78 is 5.30. The van der Waals surface area contributed by atoms with Gasteiger partial charge < -0.3 is 9.52 Å². The van der Waals surface area contributed by atoms with E-state index in [2.05, 4.69) is 10.5 Å². The molecule has 0 unspecified atom stereocenters. The number of hydrogen-bond donors (Lipinski definition) is 2. The van der Waals surface area contributed by atoms with Crippen molar-refractivity contribution in [1.29, 1.82) is 0 Å². The predicted molar refractivity (Wildman–Crippen MR) is 73.1 cm³/mol. The van der Waals surface area contributed by atoms with Gasteiger partial charge >= 0.3 is 5.97 Å². The standard InChI is InChI=1S/C13H11ClN2O3/c1-8-2-4-10(19-8)7-15-16-9-3-5-12(14)11(6-9)13(17)18/h2-7,16H,1H3,(H,17,18)/b15-7+. The lowest BCUT2D eigenvalue weighted by molar-refractivity contribution is 0.0697. The van der Waals surface area contributed by atoms with Crippen molar-refractivity contribution in [2.75, 3.05) is 5.43 Å². The van der Waals surface area contributed by atoms with E-state index in [0.29, 0.717) is 11.4 Å². The molecule has 1 heterocycles. The molecule has 0 amide bonds. The van der Waals surface area contributed by atoms with E-state index in [1.165, 1.54) is 18.3 Å². The van der Waals surface area contributed by atoms with Crippen LogP contribution < -0.4 is 5.43 Å². The molecule has 0 aliphatic rings. The zero-order valence-corrected chi connectivity index (χ0v) is 10.8. The SMILES string of the molecule is Cc1ccc(/C=N/Nc2ccc(Cl)c(C(=O)O)c2)o1. The van der Waals surface area contributed by atoms with Crippen molar-refractivity contribution in [3.8, 4) is 0 Å². The number of aryl methyl sites for hydroxylation is 1. The zero-order valence-electron chi connectivity index (χ0n) is 10.1. The fraction of sp³-hybridized carbons (Fsp3) is 0.0769. The third-order valence-corrected chi connectivity index (χ3v) is 2.67. The Bertz CT molecular complexity index is 635. The van der Waals surface area contributed by atoms with Crippen molar-refractivity contribution in [1.82, 2.24) is 0 Å². The second-order valence-electron chi connectivity index (χ2n) is 3.82. The van der Waals surface area contributed by atoms with Crippen LogP contribution in [-0.2, 0) is 0 Å². The van der Waals surface area contributed by atoms with Gasteiger partial charge in [0.1, 0.15) is 11.5 Å². The summed E-state index contributed by atoms with van der Waals surface area (Å²) in [6.45, 7) is 1.84. The number of furan rings is 1. The number of carboxylic acid groups (broad SMARTS) is 1. The fourth-order valence-corrected chi connectivity index (χ4v) is 1.65. The van der Waals surface area contributed by atoms with Gasteiger partial charge in [0.25, 0.3) is 0 Å². The number of hydrogen-bond acceptors (Lipinski definition) is 4. The molecule has 0 radical (unpaired) electrons. The minimum absolute atomic E-state index is 0.0238. The predicted octanol–water partition coefficient (Wildman–Crippen LogP) is 3.39. The highest BCUT2D eigenvalue weighted by atomic mass is 35.5. The maximum absolute atomic E-state index is 10.9. The van der Waals surface area contributed by atoms with Crippen molar-refractivity contribution in [2.24, 2.45) is 5.10 Å². The quantitative estimate of drug-likeness (QED) is 0.664. The fourth-order valence-electron chi connectivity index (χ4n) is 1.45. The maximum atomic E-state index is 10.9. The summed E-state index contributed by atoms with van der Waals surface area (Å²) in [5, 5.41) is 13.1. The molecule has 0 saturated heterocycles. The van der Waals surface area contributed by atoms with Crippen LogP contribution in [-0.4, -0.2) is 17.3 Å². The molecule has 0 spiro atoms. The molecular formula is C13H11ClN2O3. The van der Waals surface area contributed by atoms with Crippen LogP contribution in [0.1, 0.15) is 21.9 Å². The number of anilines is 1. The van der Waals surface area contributed by atoms with Crippen molar-refractivity contribution in [2.45, 2.75) is 6.92 Å². The first-order valence-electron chi connectivity index (χ1n) is 5.44. The van der Waals surface area contributed by atoms with Crippen LogP contribution >= 0.6 is 11.6 Å². The summed E-state index contributed by atoms with van der Waals surface area (Å²) in [5.74, 6) is 0.317. The van der Waals surface area contributed by atoms with Gasteiger partial charge in [0.15, 0.2) is 0 Å². The van der Waals surface area contributed by atoms with Gasteiger partial charge in [-0.25, -0.2) is 4.79 Å². The molecule has 0 bridgehead atoms. The molecule has 19 heavy (non-hydrogen) atoms. The van der Waals surface area contributed by atoms with Gasteiger partial charge in [-0.15, -0.1) is 0 Å². The van der Waals surface area contributed by atoms with E-state index in [-0.39, 0.29) is 10.6 Å². The third-order valence-electron chi connectivity index (χ3n) is 2.34. The summed E-state index contributed by atoms with van der Waals surface area (Å²) in [5.41, 5.74) is 3.27. The van der Waals surface area contributed by atoms with E-state index < -0.39 is 5.97 Å². The number of halogens is 1. The van der Waals surface area contributed by atoms with Crippen LogP contribution in [0.2, 0.25) is 5.02 Å². The average Bonchev–Trinajstić information content (AvgIpc) is 2.77. The minimum Gasteiger partial charge on any atom is -0.478 e. The van der Waals surface area contributed by atoms with E-state index in [9.17, 15) is 4.79 Å².